The Morgan fingerprint density at radius 3 is 2.76 bits per heavy atom. The standard InChI is InChI=1S/C17H21N3O/c1-10(16-11(2)19-20-12(16)3)18-17(21)15-8-7-13-5-4-6-14(13)9-15/h7-10H,4-6H2,1-3H3,(H,18,21)(H,19,20)/t10-/m0/s1. The summed E-state index contributed by atoms with van der Waals surface area (Å²) in [5.74, 6) is -0.0165. The Labute approximate surface area is 125 Å². The van der Waals surface area contributed by atoms with E-state index in [2.05, 4.69) is 21.6 Å². The zero-order valence-electron chi connectivity index (χ0n) is 12.8. The number of hydrogen-bond donors (Lipinski definition) is 2. The van der Waals surface area contributed by atoms with Gasteiger partial charge in [0.25, 0.3) is 5.91 Å². The summed E-state index contributed by atoms with van der Waals surface area (Å²) in [4.78, 5) is 12.4. The number of nitrogens with one attached hydrogen (secondary N) is 2. The number of hydrogen-bond acceptors (Lipinski definition) is 2. The van der Waals surface area contributed by atoms with Crippen LogP contribution in [0.15, 0.2) is 18.2 Å². The number of rotatable bonds is 3. The number of carbonyl (C=O) groups excluding carboxylic acids is 1. The molecule has 0 aliphatic heterocycles. The van der Waals surface area contributed by atoms with E-state index in [9.17, 15) is 4.79 Å². The summed E-state index contributed by atoms with van der Waals surface area (Å²) >= 11 is 0. The van der Waals surface area contributed by atoms with Crippen LogP contribution in [-0.2, 0) is 12.8 Å². The minimum Gasteiger partial charge on any atom is -0.345 e. The third-order valence-corrected chi connectivity index (χ3v) is 4.33. The van der Waals surface area contributed by atoms with Gasteiger partial charge >= 0.3 is 0 Å². The molecule has 0 saturated heterocycles. The minimum atomic E-state index is -0.0514. The van der Waals surface area contributed by atoms with Crippen LogP contribution in [0.2, 0.25) is 0 Å². The van der Waals surface area contributed by atoms with Crippen molar-refractivity contribution >= 4 is 5.91 Å². The van der Waals surface area contributed by atoms with Crippen molar-refractivity contribution < 1.29 is 4.79 Å². The normalized spacial score (nSPS) is 14.8. The molecule has 1 aromatic heterocycles. The van der Waals surface area contributed by atoms with Crippen molar-refractivity contribution in [1.82, 2.24) is 15.5 Å². The maximum absolute atomic E-state index is 12.4. The molecule has 2 aromatic rings. The molecular formula is C17H21N3O. The molecule has 0 radical (unpaired) electrons. The van der Waals surface area contributed by atoms with E-state index < -0.39 is 0 Å². The number of carbonyl (C=O) groups is 1. The summed E-state index contributed by atoms with van der Waals surface area (Å²) in [7, 11) is 0. The molecule has 0 saturated carbocycles. The first-order valence-electron chi connectivity index (χ1n) is 7.50. The molecule has 1 heterocycles. The van der Waals surface area contributed by atoms with Gasteiger partial charge in [0, 0.05) is 16.8 Å². The van der Waals surface area contributed by atoms with E-state index in [-0.39, 0.29) is 11.9 Å². The molecule has 1 amide bonds. The number of benzene rings is 1. The second-order valence-corrected chi connectivity index (χ2v) is 5.88. The number of aromatic amines is 1. The fraction of sp³-hybridized carbons (Fsp3) is 0.412. The van der Waals surface area contributed by atoms with Crippen LogP contribution in [0, 0.1) is 13.8 Å². The number of aromatic nitrogens is 2. The van der Waals surface area contributed by atoms with Gasteiger partial charge in [0.2, 0.25) is 0 Å². The Kier molecular flexibility index (Phi) is 3.53. The predicted molar refractivity (Wildman–Crippen MR) is 82.4 cm³/mol. The van der Waals surface area contributed by atoms with Crippen molar-refractivity contribution in [2.45, 2.75) is 46.1 Å². The highest BCUT2D eigenvalue weighted by molar-refractivity contribution is 5.94. The van der Waals surface area contributed by atoms with E-state index in [0.29, 0.717) is 0 Å². The summed E-state index contributed by atoms with van der Waals surface area (Å²) in [6.07, 6.45) is 3.43. The fourth-order valence-corrected chi connectivity index (χ4v) is 3.26. The molecule has 4 heteroatoms. The third-order valence-electron chi connectivity index (χ3n) is 4.33. The quantitative estimate of drug-likeness (QED) is 0.909. The second-order valence-electron chi connectivity index (χ2n) is 5.88. The molecule has 1 aromatic carbocycles. The van der Waals surface area contributed by atoms with Gasteiger partial charge in [-0.15, -0.1) is 0 Å². The number of H-pyrrole nitrogens is 1. The minimum absolute atomic E-state index is 0.0165. The topological polar surface area (TPSA) is 57.8 Å². The Balaban J connectivity index is 1.77. The fourth-order valence-electron chi connectivity index (χ4n) is 3.26. The molecule has 1 aliphatic carbocycles. The van der Waals surface area contributed by atoms with Crippen LogP contribution in [0.3, 0.4) is 0 Å². The lowest BCUT2D eigenvalue weighted by atomic mass is 10.0. The molecule has 1 atom stereocenters. The first-order chi connectivity index (χ1) is 10.1. The molecule has 1 aliphatic rings. The molecule has 0 bridgehead atoms. The van der Waals surface area contributed by atoms with Crippen LogP contribution in [0.25, 0.3) is 0 Å². The van der Waals surface area contributed by atoms with E-state index in [0.717, 1.165) is 35.4 Å². The van der Waals surface area contributed by atoms with Gasteiger partial charge in [-0.1, -0.05) is 6.07 Å². The van der Waals surface area contributed by atoms with E-state index in [1.165, 1.54) is 17.5 Å². The molecule has 0 spiro atoms. The first kappa shape index (κ1) is 13.9. The summed E-state index contributed by atoms with van der Waals surface area (Å²) in [6.45, 7) is 5.93. The van der Waals surface area contributed by atoms with E-state index in [1.807, 2.05) is 32.9 Å². The summed E-state index contributed by atoms with van der Waals surface area (Å²) < 4.78 is 0. The van der Waals surface area contributed by atoms with E-state index >= 15 is 0 Å². The Bertz CT molecular complexity index is 668. The number of aryl methyl sites for hydroxylation is 4. The molecule has 4 nitrogen and oxygen atoms in total. The molecule has 3 rings (SSSR count). The maximum atomic E-state index is 12.4. The highest BCUT2D eigenvalue weighted by atomic mass is 16.1. The molecule has 21 heavy (non-hydrogen) atoms. The van der Waals surface area contributed by atoms with Crippen LogP contribution in [0.5, 0.6) is 0 Å². The maximum Gasteiger partial charge on any atom is 0.251 e. The van der Waals surface area contributed by atoms with Crippen molar-refractivity contribution in [3.05, 3.63) is 51.8 Å². The van der Waals surface area contributed by atoms with E-state index in [1.54, 1.807) is 0 Å². The summed E-state index contributed by atoms with van der Waals surface area (Å²) in [5, 5.41) is 10.2. The average molecular weight is 283 g/mol. The first-order valence-corrected chi connectivity index (χ1v) is 7.50. The highest BCUT2D eigenvalue weighted by Crippen LogP contribution is 2.24. The lowest BCUT2D eigenvalue weighted by Gasteiger charge is -2.15. The Hall–Kier alpha value is -2.10. The summed E-state index contributed by atoms with van der Waals surface area (Å²) in [6, 6.07) is 6.02. The van der Waals surface area contributed by atoms with Gasteiger partial charge < -0.3 is 5.32 Å². The number of fused-ring (bicyclic) bond motifs is 1. The largest absolute Gasteiger partial charge is 0.345 e. The number of amides is 1. The molecular weight excluding hydrogens is 262 g/mol. The van der Waals surface area contributed by atoms with Gasteiger partial charge in [0.05, 0.1) is 11.7 Å². The molecule has 0 unspecified atom stereocenters. The zero-order chi connectivity index (χ0) is 15.0. The van der Waals surface area contributed by atoms with Crippen molar-refractivity contribution in [1.29, 1.82) is 0 Å². The van der Waals surface area contributed by atoms with Crippen molar-refractivity contribution in [3.63, 3.8) is 0 Å². The Morgan fingerprint density at radius 2 is 2.05 bits per heavy atom. The van der Waals surface area contributed by atoms with Gasteiger partial charge in [0.15, 0.2) is 0 Å². The van der Waals surface area contributed by atoms with Gasteiger partial charge in [-0.05, 0) is 63.3 Å². The smallest absolute Gasteiger partial charge is 0.251 e. The van der Waals surface area contributed by atoms with Crippen molar-refractivity contribution in [3.8, 4) is 0 Å². The second kappa shape index (κ2) is 5.35. The summed E-state index contributed by atoms with van der Waals surface area (Å²) in [5.41, 5.74) is 6.49. The zero-order valence-corrected chi connectivity index (χ0v) is 12.8. The highest BCUT2D eigenvalue weighted by Gasteiger charge is 2.18. The van der Waals surface area contributed by atoms with Crippen LogP contribution < -0.4 is 5.32 Å². The predicted octanol–water partition coefficient (Wildman–Crippen LogP) is 3.01. The SMILES string of the molecule is Cc1n[nH]c(C)c1[C@H](C)NC(=O)c1ccc2c(c1)CCC2. The van der Waals surface area contributed by atoms with Crippen molar-refractivity contribution in [2.75, 3.05) is 0 Å². The molecule has 110 valence electrons. The third kappa shape index (κ3) is 2.58. The average Bonchev–Trinajstić information content (AvgIpc) is 3.04. The van der Waals surface area contributed by atoms with Gasteiger partial charge in [-0.2, -0.15) is 5.10 Å². The van der Waals surface area contributed by atoms with Crippen LogP contribution in [-0.4, -0.2) is 16.1 Å². The number of nitrogens with zero attached hydrogens (tertiary/aromatic N) is 1. The van der Waals surface area contributed by atoms with Gasteiger partial charge in [-0.25, -0.2) is 0 Å². The lowest BCUT2D eigenvalue weighted by molar-refractivity contribution is 0.0939. The van der Waals surface area contributed by atoms with Gasteiger partial charge in [0.1, 0.15) is 0 Å². The van der Waals surface area contributed by atoms with Crippen molar-refractivity contribution in [2.24, 2.45) is 0 Å². The Morgan fingerprint density at radius 1 is 1.29 bits per heavy atom. The van der Waals surface area contributed by atoms with Crippen LogP contribution in [0.1, 0.15) is 57.8 Å². The molecule has 2 N–H and O–H groups in total. The lowest BCUT2D eigenvalue weighted by Crippen LogP contribution is -2.27. The monoisotopic (exact) mass is 283 g/mol. The molecule has 0 fully saturated rings. The van der Waals surface area contributed by atoms with Gasteiger partial charge in [-0.3, -0.25) is 9.89 Å². The van der Waals surface area contributed by atoms with E-state index in [4.69, 9.17) is 0 Å². The van der Waals surface area contributed by atoms with Crippen LogP contribution in [0.4, 0.5) is 0 Å². The van der Waals surface area contributed by atoms with Crippen LogP contribution >= 0.6 is 0 Å².